The van der Waals surface area contributed by atoms with Crippen LogP contribution in [-0.4, -0.2) is 35.6 Å². The van der Waals surface area contributed by atoms with Gasteiger partial charge in [-0.05, 0) is 63.6 Å². The van der Waals surface area contributed by atoms with Crippen LogP contribution in [0, 0.1) is 11.7 Å². The van der Waals surface area contributed by atoms with Crippen LogP contribution in [0.5, 0.6) is 0 Å². The lowest BCUT2D eigenvalue weighted by Crippen LogP contribution is -2.41. The fourth-order valence-corrected chi connectivity index (χ4v) is 2.91. The van der Waals surface area contributed by atoms with Crippen molar-refractivity contribution in [2.45, 2.75) is 45.6 Å². The summed E-state index contributed by atoms with van der Waals surface area (Å²) in [6.45, 7) is 6.97. The van der Waals surface area contributed by atoms with Crippen LogP contribution in [0.15, 0.2) is 24.3 Å². The third kappa shape index (κ3) is 5.86. The first-order valence-corrected chi connectivity index (χ1v) is 8.89. The number of nitrogens with zero attached hydrogens (tertiary/aromatic N) is 1. The summed E-state index contributed by atoms with van der Waals surface area (Å²) >= 11 is 0. The van der Waals surface area contributed by atoms with E-state index in [0.717, 1.165) is 19.3 Å². The Morgan fingerprint density at radius 1 is 1.31 bits per heavy atom. The second-order valence-electron chi connectivity index (χ2n) is 7.65. The topological polar surface area (TPSA) is 72.6 Å². The number of nitrogens with two attached hydrogens (primary N) is 1. The van der Waals surface area contributed by atoms with E-state index in [4.69, 9.17) is 10.5 Å². The van der Waals surface area contributed by atoms with Gasteiger partial charge in [-0.3, -0.25) is 4.79 Å². The molecule has 0 saturated carbocycles. The number of likely N-dealkylation sites (tertiary alicyclic amines) is 1. The summed E-state index contributed by atoms with van der Waals surface area (Å²) in [5.41, 5.74) is 5.21. The van der Waals surface area contributed by atoms with Gasteiger partial charge in [0.25, 0.3) is 5.91 Å². The first-order valence-electron chi connectivity index (χ1n) is 8.89. The fraction of sp³-hybridized carbons (Fsp3) is 0.500. The minimum atomic E-state index is -0.769. The first-order chi connectivity index (χ1) is 12.2. The lowest BCUT2D eigenvalue weighted by molar-refractivity contribution is 0.0185. The molecule has 1 aromatic rings. The molecule has 26 heavy (non-hydrogen) atoms. The van der Waals surface area contributed by atoms with Gasteiger partial charge in [0, 0.05) is 13.1 Å². The Balaban J connectivity index is 1.81. The van der Waals surface area contributed by atoms with Gasteiger partial charge in [-0.1, -0.05) is 18.2 Å². The number of ether oxygens (including phenoxy) is 1. The number of hydrogen-bond acceptors (Lipinski definition) is 3. The van der Waals surface area contributed by atoms with Crippen LogP contribution >= 0.6 is 0 Å². The number of hydrogen-bond donors (Lipinski definition) is 1. The van der Waals surface area contributed by atoms with Gasteiger partial charge in [0.15, 0.2) is 0 Å². The van der Waals surface area contributed by atoms with Gasteiger partial charge < -0.3 is 15.4 Å². The van der Waals surface area contributed by atoms with Crippen LogP contribution in [0.3, 0.4) is 0 Å². The zero-order valence-corrected chi connectivity index (χ0v) is 15.6. The molecular formula is C20H27FN2O3. The van der Waals surface area contributed by atoms with Gasteiger partial charge in [-0.2, -0.15) is 0 Å². The Kier molecular flexibility index (Phi) is 6.40. The monoisotopic (exact) mass is 362 g/mol. The highest BCUT2D eigenvalue weighted by Crippen LogP contribution is 2.23. The molecule has 2 amide bonds. The van der Waals surface area contributed by atoms with Crippen molar-refractivity contribution in [2.24, 2.45) is 11.7 Å². The third-order valence-electron chi connectivity index (χ3n) is 4.30. The molecule has 1 aliphatic heterocycles. The maximum absolute atomic E-state index is 13.7. The Morgan fingerprint density at radius 3 is 2.50 bits per heavy atom. The zero-order chi connectivity index (χ0) is 19.3. The summed E-state index contributed by atoms with van der Waals surface area (Å²) in [4.78, 5) is 24.8. The van der Waals surface area contributed by atoms with Gasteiger partial charge >= 0.3 is 6.09 Å². The predicted octanol–water partition coefficient (Wildman–Crippen LogP) is 3.98. The van der Waals surface area contributed by atoms with Gasteiger partial charge in [0.05, 0.1) is 5.56 Å². The number of rotatable bonds is 4. The van der Waals surface area contributed by atoms with Crippen molar-refractivity contribution in [1.29, 1.82) is 0 Å². The quantitative estimate of drug-likeness (QED) is 0.881. The molecule has 2 rings (SSSR count). The van der Waals surface area contributed by atoms with E-state index in [1.165, 1.54) is 12.1 Å². The normalized spacial score (nSPS) is 16.1. The second kappa shape index (κ2) is 8.34. The highest BCUT2D eigenvalue weighted by atomic mass is 19.1. The first kappa shape index (κ1) is 19.9. The van der Waals surface area contributed by atoms with Crippen molar-refractivity contribution < 1.29 is 18.7 Å². The number of allylic oxidation sites excluding steroid dienone is 1. The summed E-state index contributed by atoms with van der Waals surface area (Å²) in [5.74, 6) is -0.889. The maximum Gasteiger partial charge on any atom is 0.410 e. The van der Waals surface area contributed by atoms with E-state index in [9.17, 15) is 14.0 Å². The number of halogens is 1. The number of primary amides is 1. The number of carbonyl (C=O) groups is 2. The van der Waals surface area contributed by atoms with Crippen molar-refractivity contribution in [2.75, 3.05) is 13.1 Å². The molecule has 6 heteroatoms. The van der Waals surface area contributed by atoms with Crippen molar-refractivity contribution in [3.63, 3.8) is 0 Å². The lowest BCUT2D eigenvalue weighted by atomic mass is 9.93. The Morgan fingerprint density at radius 2 is 1.96 bits per heavy atom. The van der Waals surface area contributed by atoms with E-state index in [-0.39, 0.29) is 11.7 Å². The van der Waals surface area contributed by atoms with Crippen molar-refractivity contribution in [3.05, 3.63) is 41.2 Å². The third-order valence-corrected chi connectivity index (χ3v) is 4.30. The van der Waals surface area contributed by atoms with Crippen LogP contribution in [-0.2, 0) is 4.74 Å². The van der Waals surface area contributed by atoms with Gasteiger partial charge in [-0.25, -0.2) is 9.18 Å². The highest BCUT2D eigenvalue weighted by Gasteiger charge is 2.26. The summed E-state index contributed by atoms with van der Waals surface area (Å²) in [6, 6.07) is 4.38. The van der Waals surface area contributed by atoms with Gasteiger partial charge in [0.2, 0.25) is 0 Å². The molecule has 5 nitrogen and oxygen atoms in total. The minimum absolute atomic E-state index is 0.100. The van der Waals surface area contributed by atoms with E-state index in [1.807, 2.05) is 32.9 Å². The molecule has 1 aromatic carbocycles. The molecule has 0 radical (unpaired) electrons. The molecule has 1 aliphatic rings. The summed E-state index contributed by atoms with van der Waals surface area (Å²) in [7, 11) is 0. The van der Waals surface area contributed by atoms with Crippen molar-refractivity contribution >= 4 is 18.1 Å². The zero-order valence-electron chi connectivity index (χ0n) is 15.6. The SMILES string of the molecule is CC(C)(C)OC(=O)N1CCC(C/C=C/c2ccc(C(N)=O)c(F)c2)CC1. The number of carbonyl (C=O) groups excluding carboxylic acids is 2. The molecule has 1 heterocycles. The van der Waals surface area contributed by atoms with Crippen molar-refractivity contribution in [1.82, 2.24) is 4.90 Å². The highest BCUT2D eigenvalue weighted by molar-refractivity contribution is 5.93. The Bertz CT molecular complexity index is 687. The molecule has 1 fully saturated rings. The maximum atomic E-state index is 13.7. The number of piperidine rings is 1. The Hall–Kier alpha value is -2.37. The van der Waals surface area contributed by atoms with Gasteiger partial charge in [-0.15, -0.1) is 0 Å². The standard InChI is InChI=1S/C20H27FN2O3/c1-20(2,3)26-19(25)23-11-9-14(10-12-23)5-4-6-15-7-8-16(18(22)24)17(21)13-15/h4,6-8,13-14H,5,9-12H2,1-3H3,(H2,22,24)/b6-4+. The molecule has 0 aliphatic carbocycles. The van der Waals surface area contributed by atoms with E-state index in [0.29, 0.717) is 24.6 Å². The van der Waals surface area contributed by atoms with Crippen LogP contribution in [0.4, 0.5) is 9.18 Å². The molecular weight excluding hydrogens is 335 g/mol. The van der Waals surface area contributed by atoms with E-state index in [2.05, 4.69) is 0 Å². The molecule has 0 aromatic heterocycles. The molecule has 0 unspecified atom stereocenters. The van der Waals surface area contributed by atoms with Crippen molar-refractivity contribution in [3.8, 4) is 0 Å². The van der Waals surface area contributed by atoms with E-state index < -0.39 is 17.3 Å². The summed E-state index contributed by atoms with van der Waals surface area (Å²) < 4.78 is 19.1. The number of amides is 2. The van der Waals surface area contributed by atoms with Crippen LogP contribution < -0.4 is 5.73 Å². The molecule has 0 spiro atoms. The second-order valence-corrected chi connectivity index (χ2v) is 7.65. The summed E-state index contributed by atoms with van der Waals surface area (Å²) in [5, 5.41) is 0. The average molecular weight is 362 g/mol. The van der Waals surface area contributed by atoms with Crippen LogP contribution in [0.2, 0.25) is 0 Å². The Labute approximate surface area is 154 Å². The molecule has 0 bridgehead atoms. The van der Waals surface area contributed by atoms with E-state index >= 15 is 0 Å². The van der Waals surface area contributed by atoms with E-state index in [1.54, 1.807) is 11.0 Å². The molecule has 142 valence electrons. The predicted molar refractivity (Wildman–Crippen MR) is 99.1 cm³/mol. The van der Waals surface area contributed by atoms with Crippen LogP contribution in [0.25, 0.3) is 6.08 Å². The van der Waals surface area contributed by atoms with Gasteiger partial charge in [0.1, 0.15) is 11.4 Å². The summed E-state index contributed by atoms with van der Waals surface area (Å²) in [6.07, 6.45) is 6.29. The molecule has 2 N–H and O–H groups in total. The minimum Gasteiger partial charge on any atom is -0.444 e. The van der Waals surface area contributed by atoms with Crippen LogP contribution in [0.1, 0.15) is 56.0 Å². The lowest BCUT2D eigenvalue weighted by Gasteiger charge is -2.33. The number of benzene rings is 1. The average Bonchev–Trinajstić information content (AvgIpc) is 2.53. The smallest absolute Gasteiger partial charge is 0.410 e. The molecule has 1 saturated heterocycles. The fourth-order valence-electron chi connectivity index (χ4n) is 2.91. The largest absolute Gasteiger partial charge is 0.444 e. The molecule has 0 atom stereocenters.